The molecular formula is H4LiMnO4Si. The van der Waals surface area contributed by atoms with E-state index in [9.17, 15) is 0 Å². The Labute approximate surface area is 64.3 Å². The van der Waals surface area contributed by atoms with Crippen molar-refractivity contribution in [2.75, 3.05) is 0 Å². The molecule has 0 aliphatic heterocycles. The first-order valence-electron chi connectivity index (χ1n) is 0.894. The first kappa shape index (κ1) is 15.7. The van der Waals surface area contributed by atoms with Gasteiger partial charge in [0.25, 0.3) is 0 Å². The van der Waals surface area contributed by atoms with E-state index in [-0.39, 0.29) is 35.9 Å². The summed E-state index contributed by atoms with van der Waals surface area (Å²) in [6.45, 7) is 0. The zero-order chi connectivity index (χ0) is 4.50. The molecule has 0 fully saturated rings. The Bertz CT molecular complexity index is 27.2. The molecule has 0 bridgehead atoms. The third-order valence-corrected chi connectivity index (χ3v) is 0. The average Bonchev–Trinajstić information content (AvgIpc) is 0.722. The van der Waals surface area contributed by atoms with Crippen molar-refractivity contribution in [3.63, 3.8) is 0 Å². The third-order valence-electron chi connectivity index (χ3n) is 0. The molecule has 0 rings (SSSR count). The molecule has 0 spiro atoms. The smallest absolute Gasteiger partial charge is 0.368 e. The van der Waals surface area contributed by atoms with Crippen LogP contribution in [0, 0.1) is 0 Å². The van der Waals surface area contributed by atoms with Crippen LogP contribution in [-0.2, 0) is 17.1 Å². The molecule has 0 aromatic rings. The van der Waals surface area contributed by atoms with Gasteiger partial charge in [0.2, 0.25) is 0 Å². The van der Waals surface area contributed by atoms with E-state index in [1.54, 1.807) is 0 Å². The molecule has 4 N–H and O–H groups in total. The van der Waals surface area contributed by atoms with Gasteiger partial charge >= 0.3 is 9.05 Å². The van der Waals surface area contributed by atoms with Gasteiger partial charge in [0, 0.05) is 35.9 Å². The van der Waals surface area contributed by atoms with Gasteiger partial charge in [-0.1, -0.05) is 0 Å². The van der Waals surface area contributed by atoms with Crippen molar-refractivity contribution in [3.05, 3.63) is 0 Å². The van der Waals surface area contributed by atoms with Gasteiger partial charge in [0.15, 0.2) is 0 Å². The zero-order valence-electron chi connectivity index (χ0n) is 3.67. The van der Waals surface area contributed by atoms with Crippen LogP contribution in [0.4, 0.5) is 0 Å². The summed E-state index contributed by atoms with van der Waals surface area (Å²) >= 11 is 0. The van der Waals surface area contributed by atoms with Crippen molar-refractivity contribution in [2.45, 2.75) is 0 Å². The summed E-state index contributed by atoms with van der Waals surface area (Å²) in [5.41, 5.74) is 0. The largest absolute Gasteiger partial charge is 0.668 e. The van der Waals surface area contributed by atoms with E-state index < -0.39 is 9.05 Å². The predicted octanol–water partition coefficient (Wildman–Crippen LogP) is -2.99. The van der Waals surface area contributed by atoms with Crippen molar-refractivity contribution in [1.29, 1.82) is 0 Å². The van der Waals surface area contributed by atoms with E-state index >= 15 is 0 Å². The van der Waals surface area contributed by atoms with Crippen LogP contribution in [0.1, 0.15) is 0 Å². The van der Waals surface area contributed by atoms with Gasteiger partial charge in [0.05, 0.1) is 0 Å². The van der Waals surface area contributed by atoms with Crippen LogP contribution < -0.4 is 0 Å². The summed E-state index contributed by atoms with van der Waals surface area (Å²) in [5.74, 6) is 0. The third kappa shape index (κ3) is 139. The quantitative estimate of drug-likeness (QED) is 0.283. The van der Waals surface area contributed by atoms with Gasteiger partial charge in [-0.2, -0.15) is 0 Å². The minimum Gasteiger partial charge on any atom is -0.368 e. The topological polar surface area (TPSA) is 80.9 Å². The summed E-state index contributed by atoms with van der Waals surface area (Å²) in [5, 5.41) is 0. The summed E-state index contributed by atoms with van der Waals surface area (Å²) < 4.78 is 0. The summed E-state index contributed by atoms with van der Waals surface area (Å²) in [6, 6.07) is 0. The standard InChI is InChI=1S/Li.Mn.H4O4Si/c;;1-5(2,3)4/h;;1-4H. The van der Waals surface area contributed by atoms with E-state index in [2.05, 4.69) is 0 Å². The zero-order valence-corrected chi connectivity index (χ0v) is 5.85. The Morgan fingerprint density at radius 3 is 0.857 bits per heavy atom. The maximum Gasteiger partial charge on any atom is 0.668 e. The van der Waals surface area contributed by atoms with Crippen LogP contribution in [0.3, 0.4) is 0 Å². The molecule has 0 atom stereocenters. The molecule has 4 nitrogen and oxygen atoms in total. The van der Waals surface area contributed by atoms with Gasteiger partial charge < -0.3 is 19.2 Å². The molecule has 0 aliphatic carbocycles. The predicted molar refractivity (Wildman–Crippen MR) is 20.4 cm³/mol. The monoisotopic (exact) mass is 158 g/mol. The maximum atomic E-state index is 7.33. The molecule has 0 aliphatic rings. The van der Waals surface area contributed by atoms with Crippen LogP contribution >= 0.6 is 0 Å². The number of hydrogen-bond donors (Lipinski definition) is 4. The fourth-order valence-electron chi connectivity index (χ4n) is 0. The first-order chi connectivity index (χ1) is 2.00. The summed E-state index contributed by atoms with van der Waals surface area (Å²) in [6.07, 6.45) is 0. The molecule has 2 radical (unpaired) electrons. The molecule has 0 heterocycles. The van der Waals surface area contributed by atoms with Crippen LogP contribution in [0.2, 0.25) is 0 Å². The van der Waals surface area contributed by atoms with Gasteiger partial charge in [-0.15, -0.1) is 0 Å². The Kier molecular flexibility index (Phi) is 11.9. The SMILES string of the molecule is O[Si](O)(O)O.[Li].[Mn]. The van der Waals surface area contributed by atoms with E-state index in [0.717, 1.165) is 0 Å². The average molecular weight is 158 g/mol. The Hall–Kier alpha value is 1.17. The van der Waals surface area contributed by atoms with Gasteiger partial charge in [-0.05, 0) is 0 Å². The minimum absolute atomic E-state index is 0. The second-order valence-corrected chi connectivity index (χ2v) is 1.80. The normalized spacial score (nSPS) is 8.57. The molecule has 0 aromatic carbocycles. The number of rotatable bonds is 0. The van der Waals surface area contributed by atoms with Crippen molar-refractivity contribution in [1.82, 2.24) is 0 Å². The second kappa shape index (κ2) is 5.31. The molecule has 40 valence electrons. The van der Waals surface area contributed by atoms with Gasteiger partial charge in [0.1, 0.15) is 0 Å². The number of hydrogen-bond acceptors (Lipinski definition) is 4. The Morgan fingerprint density at radius 2 is 0.857 bits per heavy atom. The molecule has 0 amide bonds. The van der Waals surface area contributed by atoms with Crippen LogP contribution in [0.15, 0.2) is 0 Å². The van der Waals surface area contributed by atoms with Crippen molar-refractivity contribution in [3.8, 4) is 0 Å². The molecule has 7 heteroatoms. The van der Waals surface area contributed by atoms with E-state index in [1.807, 2.05) is 0 Å². The molecule has 7 heavy (non-hydrogen) atoms. The molecule has 0 saturated heterocycles. The molecule has 0 saturated carbocycles. The van der Waals surface area contributed by atoms with Crippen molar-refractivity contribution in [2.24, 2.45) is 0 Å². The maximum absolute atomic E-state index is 7.33. The minimum atomic E-state index is -4.61. The Balaban J connectivity index is -0.0000000800. The van der Waals surface area contributed by atoms with Gasteiger partial charge in [-0.25, -0.2) is 0 Å². The summed E-state index contributed by atoms with van der Waals surface area (Å²) in [4.78, 5) is 29.3. The van der Waals surface area contributed by atoms with E-state index in [1.165, 1.54) is 0 Å². The van der Waals surface area contributed by atoms with Gasteiger partial charge in [-0.3, -0.25) is 0 Å². The van der Waals surface area contributed by atoms with Crippen LogP contribution in [-0.4, -0.2) is 47.1 Å². The first-order valence-corrected chi connectivity index (χ1v) is 2.68. The Morgan fingerprint density at radius 1 is 0.857 bits per heavy atom. The van der Waals surface area contributed by atoms with Crippen molar-refractivity contribution >= 4 is 27.9 Å². The fourth-order valence-corrected chi connectivity index (χ4v) is 0. The van der Waals surface area contributed by atoms with Crippen LogP contribution in [0.25, 0.3) is 0 Å². The van der Waals surface area contributed by atoms with Crippen LogP contribution in [0.5, 0.6) is 0 Å². The molecular weight excluding hydrogens is 154 g/mol. The van der Waals surface area contributed by atoms with Crippen molar-refractivity contribution < 1.29 is 36.3 Å². The second-order valence-electron chi connectivity index (χ2n) is 0.600. The van der Waals surface area contributed by atoms with E-state index in [0.29, 0.717) is 0 Å². The molecule has 0 unspecified atom stereocenters. The fraction of sp³-hybridized carbons (Fsp3) is 0. The molecule has 0 aromatic heterocycles. The summed E-state index contributed by atoms with van der Waals surface area (Å²) in [7, 11) is -4.61. The van der Waals surface area contributed by atoms with E-state index in [4.69, 9.17) is 19.2 Å².